The fourth-order valence-corrected chi connectivity index (χ4v) is 2.96. The van der Waals surface area contributed by atoms with Crippen LogP contribution in [0.15, 0.2) is 42.5 Å². The summed E-state index contributed by atoms with van der Waals surface area (Å²) >= 11 is 0. The van der Waals surface area contributed by atoms with E-state index in [1.165, 1.54) is 5.56 Å². The Morgan fingerprint density at radius 1 is 1.04 bits per heavy atom. The Morgan fingerprint density at radius 3 is 2.38 bits per heavy atom. The highest BCUT2D eigenvalue weighted by molar-refractivity contribution is 5.92. The first-order valence-corrected chi connectivity index (χ1v) is 9.25. The van der Waals surface area contributed by atoms with Crippen molar-refractivity contribution in [1.29, 1.82) is 0 Å². The second kappa shape index (κ2) is 8.76. The van der Waals surface area contributed by atoms with Crippen molar-refractivity contribution in [2.45, 2.75) is 20.4 Å². The molecule has 0 radical (unpaired) electrons. The quantitative estimate of drug-likeness (QED) is 0.865. The lowest BCUT2D eigenvalue weighted by Crippen LogP contribution is -2.48. The number of carbonyl (C=O) groups is 1. The number of piperazine rings is 1. The minimum atomic E-state index is -0.0349. The van der Waals surface area contributed by atoms with Gasteiger partial charge in [-0.1, -0.05) is 44.2 Å². The summed E-state index contributed by atoms with van der Waals surface area (Å²) < 4.78 is 0. The van der Waals surface area contributed by atoms with Crippen molar-refractivity contribution < 1.29 is 4.79 Å². The van der Waals surface area contributed by atoms with Crippen molar-refractivity contribution in [2.75, 3.05) is 38.0 Å². The molecule has 0 atom stereocenters. The van der Waals surface area contributed by atoms with Crippen molar-refractivity contribution in [2.24, 2.45) is 5.92 Å². The molecular formula is C20H27N5O. The van der Waals surface area contributed by atoms with Gasteiger partial charge in [-0.2, -0.15) is 0 Å². The van der Waals surface area contributed by atoms with Crippen LogP contribution in [0.5, 0.6) is 0 Å². The number of rotatable bonds is 6. The van der Waals surface area contributed by atoms with E-state index in [9.17, 15) is 4.79 Å². The molecule has 0 unspecified atom stereocenters. The van der Waals surface area contributed by atoms with Crippen LogP contribution in [0.4, 0.5) is 5.82 Å². The fraction of sp³-hybridized carbons (Fsp3) is 0.450. The number of nitrogens with zero attached hydrogens (tertiary/aromatic N) is 4. The molecule has 2 aromatic rings. The van der Waals surface area contributed by atoms with E-state index >= 15 is 0 Å². The summed E-state index contributed by atoms with van der Waals surface area (Å²) in [6.45, 7) is 9.24. The number of hydrogen-bond acceptors (Lipinski definition) is 5. The fourth-order valence-electron chi connectivity index (χ4n) is 2.96. The van der Waals surface area contributed by atoms with Gasteiger partial charge in [-0.25, -0.2) is 0 Å². The van der Waals surface area contributed by atoms with E-state index in [1.54, 1.807) is 6.07 Å². The lowest BCUT2D eigenvalue weighted by Gasteiger charge is -2.34. The maximum atomic E-state index is 12.6. The van der Waals surface area contributed by atoms with Gasteiger partial charge in [0.1, 0.15) is 5.82 Å². The first-order chi connectivity index (χ1) is 12.6. The van der Waals surface area contributed by atoms with Crippen molar-refractivity contribution in [3.05, 3.63) is 53.7 Å². The summed E-state index contributed by atoms with van der Waals surface area (Å²) in [5.74, 6) is 1.21. The zero-order valence-electron chi connectivity index (χ0n) is 15.6. The zero-order chi connectivity index (χ0) is 18.4. The molecule has 0 aliphatic carbocycles. The van der Waals surface area contributed by atoms with Gasteiger partial charge in [0, 0.05) is 39.3 Å². The standard InChI is InChI=1S/C20H27N5O/c1-16(2)14-21-19-9-8-18(22-23-19)20(26)25-12-10-24(11-13-25)15-17-6-4-3-5-7-17/h3-9,16H,10-15H2,1-2H3,(H,21,23). The molecule has 1 saturated heterocycles. The van der Waals surface area contributed by atoms with E-state index in [2.05, 4.69) is 58.5 Å². The number of amides is 1. The number of nitrogens with one attached hydrogen (secondary N) is 1. The van der Waals surface area contributed by atoms with E-state index in [1.807, 2.05) is 17.0 Å². The number of anilines is 1. The molecule has 3 rings (SSSR count). The lowest BCUT2D eigenvalue weighted by molar-refractivity contribution is 0.0621. The molecular weight excluding hydrogens is 326 g/mol. The van der Waals surface area contributed by atoms with E-state index in [4.69, 9.17) is 0 Å². The summed E-state index contributed by atoms with van der Waals surface area (Å²) in [5.41, 5.74) is 1.72. The maximum absolute atomic E-state index is 12.6. The van der Waals surface area contributed by atoms with Gasteiger partial charge < -0.3 is 10.2 Å². The van der Waals surface area contributed by atoms with Gasteiger partial charge in [-0.15, -0.1) is 10.2 Å². The summed E-state index contributed by atoms with van der Waals surface area (Å²) in [5, 5.41) is 11.4. The molecule has 26 heavy (non-hydrogen) atoms. The lowest BCUT2D eigenvalue weighted by atomic mass is 10.2. The highest BCUT2D eigenvalue weighted by Crippen LogP contribution is 2.11. The Labute approximate surface area is 155 Å². The summed E-state index contributed by atoms with van der Waals surface area (Å²) in [6, 6.07) is 14.0. The third-order valence-corrected chi connectivity index (χ3v) is 4.48. The van der Waals surface area contributed by atoms with Crippen LogP contribution >= 0.6 is 0 Å². The second-order valence-electron chi connectivity index (χ2n) is 7.13. The number of hydrogen-bond donors (Lipinski definition) is 1. The van der Waals surface area contributed by atoms with E-state index in [0.717, 1.165) is 39.3 Å². The normalized spacial score (nSPS) is 15.3. The van der Waals surface area contributed by atoms with Gasteiger partial charge in [-0.05, 0) is 23.6 Å². The molecule has 0 bridgehead atoms. The average Bonchev–Trinajstić information content (AvgIpc) is 2.68. The summed E-state index contributed by atoms with van der Waals surface area (Å²) in [7, 11) is 0. The third kappa shape index (κ3) is 5.02. The average molecular weight is 353 g/mol. The smallest absolute Gasteiger partial charge is 0.274 e. The van der Waals surface area contributed by atoms with Crippen LogP contribution in [0, 0.1) is 5.92 Å². The highest BCUT2D eigenvalue weighted by atomic mass is 16.2. The zero-order valence-corrected chi connectivity index (χ0v) is 15.6. The van der Waals surface area contributed by atoms with Crippen molar-refractivity contribution in [1.82, 2.24) is 20.0 Å². The Morgan fingerprint density at radius 2 is 1.77 bits per heavy atom. The molecule has 1 amide bonds. The van der Waals surface area contributed by atoms with E-state index < -0.39 is 0 Å². The van der Waals surface area contributed by atoms with Gasteiger partial charge in [0.25, 0.3) is 5.91 Å². The van der Waals surface area contributed by atoms with Crippen molar-refractivity contribution in [3.8, 4) is 0 Å². The van der Waals surface area contributed by atoms with Crippen LogP contribution in [-0.2, 0) is 6.54 Å². The maximum Gasteiger partial charge on any atom is 0.274 e. The van der Waals surface area contributed by atoms with Crippen molar-refractivity contribution >= 4 is 11.7 Å². The van der Waals surface area contributed by atoms with Gasteiger partial charge in [0.05, 0.1) is 0 Å². The molecule has 138 valence electrons. The second-order valence-corrected chi connectivity index (χ2v) is 7.13. The SMILES string of the molecule is CC(C)CNc1ccc(C(=O)N2CCN(Cc3ccccc3)CC2)nn1. The minimum Gasteiger partial charge on any atom is -0.368 e. The van der Waals surface area contributed by atoms with Crippen LogP contribution in [0.1, 0.15) is 29.9 Å². The van der Waals surface area contributed by atoms with Crippen molar-refractivity contribution in [3.63, 3.8) is 0 Å². The molecule has 6 nitrogen and oxygen atoms in total. The summed E-state index contributed by atoms with van der Waals surface area (Å²) in [6.07, 6.45) is 0. The van der Waals surface area contributed by atoms with E-state index in [0.29, 0.717) is 17.4 Å². The minimum absolute atomic E-state index is 0.0349. The predicted octanol–water partition coefficient (Wildman–Crippen LogP) is 2.50. The Hall–Kier alpha value is -2.47. The topological polar surface area (TPSA) is 61.4 Å². The van der Waals surface area contributed by atoms with Crippen LogP contribution < -0.4 is 5.32 Å². The molecule has 1 aliphatic rings. The number of aromatic nitrogens is 2. The Kier molecular flexibility index (Phi) is 6.17. The molecule has 1 aromatic carbocycles. The van der Waals surface area contributed by atoms with Crippen LogP contribution in [0.3, 0.4) is 0 Å². The molecule has 1 fully saturated rings. The molecule has 1 N–H and O–H groups in total. The van der Waals surface area contributed by atoms with Gasteiger partial charge >= 0.3 is 0 Å². The first-order valence-electron chi connectivity index (χ1n) is 9.25. The molecule has 0 spiro atoms. The first kappa shape index (κ1) is 18.3. The predicted molar refractivity (Wildman–Crippen MR) is 103 cm³/mol. The van der Waals surface area contributed by atoms with Gasteiger partial charge in [0.15, 0.2) is 5.69 Å². The molecule has 6 heteroatoms. The number of carbonyl (C=O) groups excluding carboxylic acids is 1. The Balaban J connectivity index is 1.50. The van der Waals surface area contributed by atoms with E-state index in [-0.39, 0.29) is 5.91 Å². The third-order valence-electron chi connectivity index (χ3n) is 4.48. The molecule has 1 aromatic heterocycles. The summed E-state index contributed by atoms with van der Waals surface area (Å²) in [4.78, 5) is 16.9. The highest BCUT2D eigenvalue weighted by Gasteiger charge is 2.23. The molecule has 1 aliphatic heterocycles. The Bertz CT molecular complexity index is 694. The monoisotopic (exact) mass is 353 g/mol. The molecule has 2 heterocycles. The molecule has 0 saturated carbocycles. The largest absolute Gasteiger partial charge is 0.368 e. The van der Waals surface area contributed by atoms with Gasteiger partial charge in [0.2, 0.25) is 0 Å². The number of benzene rings is 1. The van der Waals surface area contributed by atoms with Crippen LogP contribution in [0.2, 0.25) is 0 Å². The van der Waals surface area contributed by atoms with Crippen LogP contribution in [-0.4, -0.2) is 58.6 Å². The van der Waals surface area contributed by atoms with Gasteiger partial charge in [-0.3, -0.25) is 9.69 Å². The van der Waals surface area contributed by atoms with Crippen LogP contribution in [0.25, 0.3) is 0 Å².